The fourth-order valence-electron chi connectivity index (χ4n) is 1.66. The highest BCUT2D eigenvalue weighted by atomic mass is 127. The van der Waals surface area contributed by atoms with Crippen molar-refractivity contribution in [2.75, 3.05) is 7.11 Å². The smallest absolute Gasteiger partial charge is 0.196 e. The van der Waals surface area contributed by atoms with E-state index in [0.717, 1.165) is 3.57 Å². The van der Waals surface area contributed by atoms with Gasteiger partial charge in [-0.05, 0) is 56.7 Å². The van der Waals surface area contributed by atoms with Crippen LogP contribution in [0.3, 0.4) is 0 Å². The molecule has 2 nitrogen and oxygen atoms in total. The Kier molecular flexibility index (Phi) is 4.57. The van der Waals surface area contributed by atoms with Crippen LogP contribution >= 0.6 is 38.5 Å². The molecule has 19 heavy (non-hydrogen) atoms. The lowest BCUT2D eigenvalue weighted by molar-refractivity contribution is 0.103. The molecule has 0 saturated heterocycles. The second kappa shape index (κ2) is 6.00. The van der Waals surface area contributed by atoms with Crippen molar-refractivity contribution in [3.05, 3.63) is 61.4 Å². The van der Waals surface area contributed by atoms with E-state index in [1.807, 2.05) is 6.07 Å². The van der Waals surface area contributed by atoms with Gasteiger partial charge in [0, 0.05) is 15.2 Å². The number of ketones is 1. The van der Waals surface area contributed by atoms with Gasteiger partial charge in [-0.3, -0.25) is 4.79 Å². The monoisotopic (exact) mass is 434 g/mol. The van der Waals surface area contributed by atoms with E-state index in [4.69, 9.17) is 4.74 Å². The number of ether oxygens (including phenoxy) is 1. The maximum atomic E-state index is 13.4. The topological polar surface area (TPSA) is 26.3 Å². The molecule has 0 atom stereocenters. The quantitative estimate of drug-likeness (QED) is 0.527. The number of hydrogen-bond acceptors (Lipinski definition) is 2. The number of benzene rings is 2. The summed E-state index contributed by atoms with van der Waals surface area (Å²) in [5.41, 5.74) is 0.876. The molecule has 0 unspecified atom stereocenters. The molecule has 0 aliphatic heterocycles. The summed E-state index contributed by atoms with van der Waals surface area (Å²) in [6.07, 6.45) is 0. The van der Waals surface area contributed by atoms with E-state index in [2.05, 4.69) is 38.5 Å². The minimum Gasteiger partial charge on any atom is -0.496 e. The van der Waals surface area contributed by atoms with E-state index in [1.54, 1.807) is 18.2 Å². The van der Waals surface area contributed by atoms with Crippen molar-refractivity contribution in [3.8, 4) is 5.75 Å². The molecule has 0 saturated carbocycles. The van der Waals surface area contributed by atoms with E-state index in [0.29, 0.717) is 11.1 Å². The highest BCUT2D eigenvalue weighted by Crippen LogP contribution is 2.28. The van der Waals surface area contributed by atoms with Gasteiger partial charge in [0.05, 0.1) is 17.1 Å². The first-order chi connectivity index (χ1) is 9.02. The molecule has 0 spiro atoms. The van der Waals surface area contributed by atoms with Crippen LogP contribution < -0.4 is 4.74 Å². The zero-order chi connectivity index (χ0) is 14.0. The van der Waals surface area contributed by atoms with Gasteiger partial charge in [-0.2, -0.15) is 0 Å². The second-order valence-electron chi connectivity index (χ2n) is 3.81. The number of methoxy groups -OCH3 is 1. The zero-order valence-corrected chi connectivity index (χ0v) is 13.7. The van der Waals surface area contributed by atoms with Crippen LogP contribution in [-0.4, -0.2) is 12.9 Å². The van der Waals surface area contributed by atoms with Crippen LogP contribution in [0.5, 0.6) is 5.75 Å². The molecule has 0 amide bonds. The Bertz CT molecular complexity index is 643. The summed E-state index contributed by atoms with van der Waals surface area (Å²) in [4.78, 5) is 12.4. The molecule has 0 aromatic heterocycles. The predicted octanol–water partition coefficient (Wildman–Crippen LogP) is 4.43. The Morgan fingerprint density at radius 1 is 1.32 bits per heavy atom. The number of rotatable bonds is 3. The lowest BCUT2D eigenvalue weighted by Gasteiger charge is -2.09. The van der Waals surface area contributed by atoms with Crippen LogP contribution in [0, 0.1) is 9.39 Å². The Morgan fingerprint density at radius 2 is 2.05 bits per heavy atom. The molecule has 0 fully saturated rings. The zero-order valence-electron chi connectivity index (χ0n) is 9.91. The van der Waals surface area contributed by atoms with Crippen molar-refractivity contribution in [1.82, 2.24) is 0 Å². The molecule has 0 aliphatic rings. The summed E-state index contributed by atoms with van der Waals surface area (Å²) in [7, 11) is 1.41. The molecule has 0 bridgehead atoms. The molecule has 0 radical (unpaired) electrons. The third-order valence-corrected chi connectivity index (χ3v) is 3.85. The molecule has 2 aromatic rings. The van der Waals surface area contributed by atoms with Gasteiger partial charge in [-0.15, -0.1) is 0 Å². The van der Waals surface area contributed by atoms with Gasteiger partial charge >= 0.3 is 0 Å². The van der Waals surface area contributed by atoms with E-state index < -0.39 is 5.82 Å². The maximum Gasteiger partial charge on any atom is 0.196 e. The van der Waals surface area contributed by atoms with Crippen molar-refractivity contribution >= 4 is 44.3 Å². The van der Waals surface area contributed by atoms with Gasteiger partial charge < -0.3 is 4.74 Å². The standard InChI is InChI=1S/C14H9BrFIO2/c1-19-13-7-12(16)11(15)6-10(13)14(18)8-3-2-4-9(17)5-8/h2-7H,1H3. The average molecular weight is 435 g/mol. The molecule has 0 heterocycles. The van der Waals surface area contributed by atoms with Gasteiger partial charge in [-0.1, -0.05) is 12.1 Å². The Hall–Kier alpha value is -0.950. The van der Waals surface area contributed by atoms with Crippen LogP contribution in [0.4, 0.5) is 4.39 Å². The number of hydrogen-bond donors (Lipinski definition) is 0. The van der Waals surface area contributed by atoms with E-state index in [1.165, 1.54) is 19.2 Å². The highest BCUT2D eigenvalue weighted by Gasteiger charge is 2.17. The first-order valence-corrected chi connectivity index (χ1v) is 7.23. The van der Waals surface area contributed by atoms with Crippen molar-refractivity contribution in [2.24, 2.45) is 0 Å². The first-order valence-electron chi connectivity index (χ1n) is 5.36. The van der Waals surface area contributed by atoms with Crippen molar-refractivity contribution in [3.63, 3.8) is 0 Å². The number of carbonyl (C=O) groups excluding carboxylic acids is 1. The second-order valence-corrected chi connectivity index (χ2v) is 5.91. The van der Waals surface area contributed by atoms with Gasteiger partial charge in [0.25, 0.3) is 0 Å². The molecule has 98 valence electrons. The maximum absolute atomic E-state index is 13.4. The van der Waals surface area contributed by atoms with E-state index in [-0.39, 0.29) is 16.0 Å². The third-order valence-electron chi connectivity index (χ3n) is 2.57. The minimum atomic E-state index is -0.462. The average Bonchev–Trinajstić information content (AvgIpc) is 2.40. The Morgan fingerprint density at radius 3 is 2.68 bits per heavy atom. The van der Waals surface area contributed by atoms with Crippen LogP contribution in [-0.2, 0) is 0 Å². The lowest BCUT2D eigenvalue weighted by Crippen LogP contribution is -2.05. The third kappa shape index (κ3) is 3.14. The summed E-state index contributed by atoms with van der Waals surface area (Å²) < 4.78 is 19.7. The van der Waals surface area contributed by atoms with E-state index in [9.17, 15) is 9.18 Å². The summed E-state index contributed by atoms with van der Waals surface area (Å²) >= 11 is 5.22. The predicted molar refractivity (Wildman–Crippen MR) is 83.2 cm³/mol. The van der Waals surface area contributed by atoms with Gasteiger partial charge in [0.2, 0.25) is 0 Å². The van der Waals surface area contributed by atoms with Crippen molar-refractivity contribution in [2.45, 2.75) is 0 Å². The normalized spacial score (nSPS) is 10.3. The minimum absolute atomic E-state index is 0.198. The summed E-state index contributed by atoms with van der Waals surface area (Å²) in [5.74, 6) is -0.434. The molecule has 0 aliphatic carbocycles. The molecular formula is C14H9BrFIO2. The van der Waals surface area contributed by atoms with Gasteiger partial charge in [0.1, 0.15) is 11.6 Å². The van der Waals surface area contributed by atoms with Crippen LogP contribution in [0.2, 0.25) is 0 Å². The summed E-state index contributed by atoms with van der Waals surface area (Å²) in [6.45, 7) is 0. The Balaban J connectivity index is 2.52. The molecule has 5 heteroatoms. The summed E-state index contributed by atoms with van der Waals surface area (Å²) in [6, 6.07) is 9.84. The van der Waals surface area contributed by atoms with Gasteiger partial charge in [-0.25, -0.2) is 4.39 Å². The molecule has 2 aromatic carbocycles. The van der Waals surface area contributed by atoms with Gasteiger partial charge in [0.15, 0.2) is 5.78 Å². The van der Waals surface area contributed by atoms with Crippen molar-refractivity contribution < 1.29 is 13.9 Å². The molecule has 0 N–H and O–H groups in total. The van der Waals surface area contributed by atoms with Crippen LogP contribution in [0.1, 0.15) is 15.9 Å². The highest BCUT2D eigenvalue weighted by molar-refractivity contribution is 14.1. The SMILES string of the molecule is COc1cc(F)c(Br)cc1C(=O)c1cccc(I)c1. The molecule has 2 rings (SSSR count). The van der Waals surface area contributed by atoms with Crippen molar-refractivity contribution in [1.29, 1.82) is 0 Å². The van der Waals surface area contributed by atoms with E-state index >= 15 is 0 Å². The van der Waals surface area contributed by atoms with Crippen LogP contribution in [0.15, 0.2) is 40.9 Å². The Labute approximate surface area is 132 Å². The number of carbonyl (C=O) groups is 1. The fourth-order valence-corrected chi connectivity index (χ4v) is 2.55. The lowest BCUT2D eigenvalue weighted by atomic mass is 10.0. The fraction of sp³-hybridized carbons (Fsp3) is 0.0714. The largest absolute Gasteiger partial charge is 0.496 e. The molecular weight excluding hydrogens is 426 g/mol. The number of halogens is 3. The first kappa shape index (κ1) is 14.5. The van der Waals surface area contributed by atoms with Crippen LogP contribution in [0.25, 0.3) is 0 Å². The summed E-state index contributed by atoms with van der Waals surface area (Å²) in [5, 5.41) is 0.